The Kier molecular flexibility index (Phi) is 2.44. The Morgan fingerprint density at radius 2 is 1.90 bits per heavy atom. The molecule has 2 nitrogen and oxygen atoms in total. The first-order valence-corrected chi connectivity index (χ1v) is 7.86. The van der Waals surface area contributed by atoms with Crippen molar-refractivity contribution >= 4 is 11.6 Å². The minimum atomic E-state index is -0.245. The van der Waals surface area contributed by atoms with Crippen LogP contribution in [0.1, 0.15) is 46.0 Å². The van der Waals surface area contributed by atoms with Gasteiger partial charge in [0.25, 0.3) is 0 Å². The Hall–Kier alpha value is -1.70. The number of carbonyl (C=O) groups is 2. The first-order chi connectivity index (χ1) is 9.95. The van der Waals surface area contributed by atoms with Gasteiger partial charge in [-0.2, -0.15) is 0 Å². The predicted molar refractivity (Wildman–Crippen MR) is 81.6 cm³/mol. The average Bonchev–Trinajstić information content (AvgIpc) is 2.76. The van der Waals surface area contributed by atoms with E-state index in [1.54, 1.807) is 6.08 Å². The van der Waals surface area contributed by atoms with Crippen LogP contribution in [-0.2, 0) is 9.59 Å². The van der Waals surface area contributed by atoms with E-state index in [0.717, 1.165) is 25.7 Å². The molecule has 0 unspecified atom stereocenters. The summed E-state index contributed by atoms with van der Waals surface area (Å²) in [5.41, 5.74) is 5.05. The molecule has 21 heavy (non-hydrogen) atoms. The quantitative estimate of drug-likeness (QED) is 0.675. The lowest BCUT2D eigenvalue weighted by Crippen LogP contribution is -2.36. The van der Waals surface area contributed by atoms with Crippen molar-refractivity contribution in [2.24, 2.45) is 10.8 Å². The number of hydrogen-bond acceptors (Lipinski definition) is 2. The number of allylic oxidation sites excluding steroid dienone is 8. The van der Waals surface area contributed by atoms with E-state index in [-0.39, 0.29) is 16.6 Å². The zero-order valence-electron chi connectivity index (χ0n) is 12.7. The van der Waals surface area contributed by atoms with Gasteiger partial charge in [0.1, 0.15) is 5.78 Å². The molecule has 108 valence electrons. The first-order valence-electron chi connectivity index (χ1n) is 7.86. The van der Waals surface area contributed by atoms with E-state index in [1.807, 2.05) is 6.08 Å². The monoisotopic (exact) mass is 280 g/mol. The Morgan fingerprint density at radius 3 is 2.71 bits per heavy atom. The van der Waals surface area contributed by atoms with Crippen LogP contribution in [0.25, 0.3) is 0 Å². The third kappa shape index (κ3) is 1.53. The maximum atomic E-state index is 12.3. The fourth-order valence-corrected chi connectivity index (χ4v) is 4.68. The fraction of sp³-hybridized carbons (Fsp3) is 0.474. The second-order valence-electron chi connectivity index (χ2n) is 7.14. The summed E-state index contributed by atoms with van der Waals surface area (Å²) in [6, 6.07) is 0. The number of hydrogen-bond donors (Lipinski definition) is 0. The highest BCUT2D eigenvalue weighted by Gasteiger charge is 2.49. The molecule has 0 saturated carbocycles. The Labute approximate surface area is 125 Å². The minimum absolute atomic E-state index is 0.102. The van der Waals surface area contributed by atoms with Gasteiger partial charge in [0.15, 0.2) is 5.78 Å². The van der Waals surface area contributed by atoms with Crippen molar-refractivity contribution < 1.29 is 9.59 Å². The molecular formula is C19H20O2. The summed E-state index contributed by atoms with van der Waals surface area (Å²) in [6.45, 7) is 4.35. The molecule has 0 heterocycles. The molecule has 0 aliphatic heterocycles. The van der Waals surface area contributed by atoms with Crippen LogP contribution >= 0.6 is 0 Å². The van der Waals surface area contributed by atoms with Crippen molar-refractivity contribution in [1.82, 2.24) is 0 Å². The van der Waals surface area contributed by atoms with Crippen LogP contribution in [0.15, 0.2) is 46.6 Å². The maximum absolute atomic E-state index is 12.3. The van der Waals surface area contributed by atoms with Gasteiger partial charge in [-0.15, -0.1) is 0 Å². The van der Waals surface area contributed by atoms with Crippen LogP contribution in [0, 0.1) is 10.8 Å². The molecule has 0 radical (unpaired) electrons. The number of carbonyl (C=O) groups excluding carboxylic acids is 2. The van der Waals surface area contributed by atoms with Crippen molar-refractivity contribution in [2.75, 3.05) is 0 Å². The highest BCUT2D eigenvalue weighted by Crippen LogP contribution is 2.58. The highest BCUT2D eigenvalue weighted by molar-refractivity contribution is 6.01. The van der Waals surface area contributed by atoms with E-state index in [2.05, 4.69) is 26.0 Å². The van der Waals surface area contributed by atoms with Crippen molar-refractivity contribution in [1.29, 1.82) is 0 Å². The van der Waals surface area contributed by atoms with Crippen molar-refractivity contribution in [3.63, 3.8) is 0 Å². The van der Waals surface area contributed by atoms with Gasteiger partial charge in [-0.25, -0.2) is 0 Å². The van der Waals surface area contributed by atoms with Crippen LogP contribution in [0.5, 0.6) is 0 Å². The van der Waals surface area contributed by atoms with Gasteiger partial charge >= 0.3 is 0 Å². The topological polar surface area (TPSA) is 34.1 Å². The third-order valence-corrected chi connectivity index (χ3v) is 6.10. The van der Waals surface area contributed by atoms with Gasteiger partial charge in [-0.3, -0.25) is 9.59 Å². The van der Waals surface area contributed by atoms with Gasteiger partial charge in [0.05, 0.1) is 5.41 Å². The van der Waals surface area contributed by atoms with Crippen LogP contribution < -0.4 is 0 Å². The normalized spacial score (nSPS) is 37.8. The summed E-state index contributed by atoms with van der Waals surface area (Å²) < 4.78 is 0. The zero-order chi connectivity index (χ0) is 14.8. The predicted octanol–water partition coefficient (Wildman–Crippen LogP) is 3.85. The molecule has 0 saturated heterocycles. The van der Waals surface area contributed by atoms with Gasteiger partial charge in [-0.05, 0) is 62.8 Å². The standard InChI is InChI=1S/C19H20O2/c1-18-9-7-13(20)11-12(18)3-4-14-15-5-6-17(21)19(15,2)10-8-16(14)18/h5,7,9,11H,3-4,6,8,10H2,1-2H3/t18-,19-/m0/s1. The number of Topliss-reactive ketones (excluding diaryl/α,β-unsaturated/α-hetero) is 1. The Bertz CT molecular complexity index is 701. The summed E-state index contributed by atoms with van der Waals surface area (Å²) in [5, 5.41) is 0. The van der Waals surface area contributed by atoms with Gasteiger partial charge in [0.2, 0.25) is 0 Å². The van der Waals surface area contributed by atoms with E-state index < -0.39 is 0 Å². The van der Waals surface area contributed by atoms with Crippen LogP contribution in [0.3, 0.4) is 0 Å². The lowest BCUT2D eigenvalue weighted by Gasteiger charge is -2.46. The van der Waals surface area contributed by atoms with E-state index in [4.69, 9.17) is 0 Å². The smallest absolute Gasteiger partial charge is 0.178 e. The molecule has 0 aromatic carbocycles. The molecule has 4 aliphatic carbocycles. The lowest BCUT2D eigenvalue weighted by molar-refractivity contribution is -0.124. The van der Waals surface area contributed by atoms with Crippen LogP contribution in [0.2, 0.25) is 0 Å². The molecule has 0 aromatic heterocycles. The molecule has 4 aliphatic rings. The number of rotatable bonds is 0. The molecule has 0 amide bonds. The second kappa shape index (κ2) is 3.94. The lowest BCUT2D eigenvalue weighted by atomic mass is 9.57. The van der Waals surface area contributed by atoms with E-state index in [9.17, 15) is 9.59 Å². The van der Waals surface area contributed by atoms with Crippen LogP contribution in [-0.4, -0.2) is 11.6 Å². The van der Waals surface area contributed by atoms with E-state index in [0.29, 0.717) is 12.2 Å². The molecule has 0 N–H and O–H groups in total. The molecule has 4 rings (SSSR count). The number of fused-ring (bicyclic) bond motifs is 4. The van der Waals surface area contributed by atoms with Gasteiger partial charge in [-0.1, -0.05) is 23.3 Å². The summed E-state index contributed by atoms with van der Waals surface area (Å²) in [6.07, 6.45) is 12.2. The summed E-state index contributed by atoms with van der Waals surface area (Å²) >= 11 is 0. The third-order valence-electron chi connectivity index (χ3n) is 6.10. The minimum Gasteiger partial charge on any atom is -0.298 e. The zero-order valence-corrected chi connectivity index (χ0v) is 12.7. The van der Waals surface area contributed by atoms with Gasteiger partial charge < -0.3 is 0 Å². The molecule has 0 fully saturated rings. The molecular weight excluding hydrogens is 260 g/mol. The molecule has 0 bridgehead atoms. The Balaban J connectivity index is 1.88. The van der Waals surface area contributed by atoms with Crippen molar-refractivity contribution in [3.05, 3.63) is 46.6 Å². The molecule has 0 spiro atoms. The second-order valence-corrected chi connectivity index (χ2v) is 7.14. The van der Waals surface area contributed by atoms with Crippen molar-refractivity contribution in [2.45, 2.75) is 46.0 Å². The summed E-state index contributed by atoms with van der Waals surface area (Å²) in [5.74, 6) is 0.493. The Morgan fingerprint density at radius 1 is 1.10 bits per heavy atom. The largest absolute Gasteiger partial charge is 0.298 e. The summed E-state index contributed by atoms with van der Waals surface area (Å²) in [7, 11) is 0. The molecule has 2 heteroatoms. The fourth-order valence-electron chi connectivity index (χ4n) is 4.68. The van der Waals surface area contributed by atoms with E-state index in [1.165, 1.54) is 22.3 Å². The highest BCUT2D eigenvalue weighted by atomic mass is 16.1. The maximum Gasteiger partial charge on any atom is 0.178 e. The van der Waals surface area contributed by atoms with Gasteiger partial charge in [0, 0.05) is 11.8 Å². The van der Waals surface area contributed by atoms with Crippen molar-refractivity contribution in [3.8, 4) is 0 Å². The summed E-state index contributed by atoms with van der Waals surface area (Å²) in [4.78, 5) is 23.9. The average molecular weight is 280 g/mol. The molecule has 2 atom stereocenters. The first kappa shape index (κ1) is 13.0. The van der Waals surface area contributed by atoms with Crippen LogP contribution in [0.4, 0.5) is 0 Å². The molecule has 0 aromatic rings. The van der Waals surface area contributed by atoms with E-state index >= 15 is 0 Å². The SMILES string of the molecule is C[C@]12C=CC(=O)C=C1CCC1=C2CC[C@]2(C)C(=O)CC=C12. The number of ketones is 2.